The van der Waals surface area contributed by atoms with Gasteiger partial charge in [0.25, 0.3) is 0 Å². The Labute approximate surface area is 125 Å². The van der Waals surface area contributed by atoms with Gasteiger partial charge in [0.15, 0.2) is 0 Å². The molecule has 3 atom stereocenters. The highest BCUT2D eigenvalue weighted by atomic mass is 16.5. The van der Waals surface area contributed by atoms with Crippen LogP contribution in [0.15, 0.2) is 24.3 Å². The van der Waals surface area contributed by atoms with Crippen LogP contribution in [0.25, 0.3) is 0 Å². The summed E-state index contributed by atoms with van der Waals surface area (Å²) in [7, 11) is 0. The zero-order valence-corrected chi connectivity index (χ0v) is 12.8. The van der Waals surface area contributed by atoms with Crippen LogP contribution in [0.1, 0.15) is 38.8 Å². The van der Waals surface area contributed by atoms with Crippen LogP contribution in [0, 0.1) is 0 Å². The fraction of sp³-hybridized carbons (Fsp3) is 0.562. The molecular weight excluding hydrogens is 268 g/mol. The molecule has 2 rings (SSSR count). The van der Waals surface area contributed by atoms with Gasteiger partial charge in [0.05, 0.1) is 24.3 Å². The second kappa shape index (κ2) is 6.91. The zero-order chi connectivity index (χ0) is 15.4. The lowest BCUT2D eigenvalue weighted by atomic mass is 10.1. The number of carbonyl (C=O) groups excluding carboxylic acids is 1. The molecule has 1 saturated heterocycles. The van der Waals surface area contributed by atoms with Crippen molar-refractivity contribution < 1.29 is 14.6 Å². The van der Waals surface area contributed by atoms with Gasteiger partial charge >= 0.3 is 0 Å². The molecule has 1 heterocycles. The van der Waals surface area contributed by atoms with Crippen molar-refractivity contribution in [3.05, 3.63) is 29.8 Å². The normalized spacial score (nSPS) is 23.1. The SMILES string of the molecule is CC(C)Oc1ccc(C(C)NC(=O)C2CC(O)CN2)cc1. The topological polar surface area (TPSA) is 70.6 Å². The first kappa shape index (κ1) is 15.8. The van der Waals surface area contributed by atoms with E-state index >= 15 is 0 Å². The van der Waals surface area contributed by atoms with E-state index in [1.54, 1.807) is 0 Å². The third kappa shape index (κ3) is 4.44. The van der Waals surface area contributed by atoms with E-state index in [4.69, 9.17) is 4.74 Å². The highest BCUT2D eigenvalue weighted by Gasteiger charge is 2.28. The van der Waals surface area contributed by atoms with Gasteiger partial charge in [0.2, 0.25) is 5.91 Å². The number of hydrogen-bond donors (Lipinski definition) is 3. The van der Waals surface area contributed by atoms with Crippen molar-refractivity contribution >= 4 is 5.91 Å². The summed E-state index contributed by atoms with van der Waals surface area (Å²) >= 11 is 0. The van der Waals surface area contributed by atoms with Crippen molar-refractivity contribution in [2.45, 2.75) is 51.5 Å². The number of benzene rings is 1. The molecule has 1 amide bonds. The predicted molar refractivity (Wildman–Crippen MR) is 81.2 cm³/mol. The van der Waals surface area contributed by atoms with Gasteiger partial charge in [-0.15, -0.1) is 0 Å². The molecule has 3 unspecified atom stereocenters. The van der Waals surface area contributed by atoms with Crippen molar-refractivity contribution in [1.29, 1.82) is 0 Å². The fourth-order valence-electron chi connectivity index (χ4n) is 2.42. The molecule has 1 aromatic carbocycles. The van der Waals surface area contributed by atoms with Gasteiger partial charge in [0, 0.05) is 6.54 Å². The first-order valence-corrected chi connectivity index (χ1v) is 7.44. The Morgan fingerprint density at radius 1 is 1.33 bits per heavy atom. The number of β-amino-alcohol motifs (C(OH)–C–C–N with tert-alkyl or cyclic N) is 1. The maximum absolute atomic E-state index is 12.1. The van der Waals surface area contributed by atoms with Gasteiger partial charge in [-0.1, -0.05) is 12.1 Å². The number of aliphatic hydroxyl groups excluding tert-OH is 1. The molecule has 1 fully saturated rings. The summed E-state index contributed by atoms with van der Waals surface area (Å²) in [4.78, 5) is 12.1. The van der Waals surface area contributed by atoms with E-state index in [-0.39, 0.29) is 24.1 Å². The van der Waals surface area contributed by atoms with Gasteiger partial charge in [-0.2, -0.15) is 0 Å². The minimum absolute atomic E-state index is 0.0680. The van der Waals surface area contributed by atoms with E-state index in [1.807, 2.05) is 45.0 Å². The molecule has 0 aromatic heterocycles. The zero-order valence-electron chi connectivity index (χ0n) is 12.8. The van der Waals surface area contributed by atoms with E-state index < -0.39 is 6.10 Å². The molecule has 1 aliphatic rings. The van der Waals surface area contributed by atoms with Gasteiger partial charge in [-0.3, -0.25) is 4.79 Å². The van der Waals surface area contributed by atoms with Crippen molar-refractivity contribution in [1.82, 2.24) is 10.6 Å². The van der Waals surface area contributed by atoms with Crippen LogP contribution in [0.4, 0.5) is 0 Å². The fourth-order valence-corrected chi connectivity index (χ4v) is 2.42. The quantitative estimate of drug-likeness (QED) is 0.766. The Morgan fingerprint density at radius 2 is 2.00 bits per heavy atom. The number of carbonyl (C=O) groups is 1. The highest BCUT2D eigenvalue weighted by Crippen LogP contribution is 2.19. The number of aliphatic hydroxyl groups is 1. The second-order valence-corrected chi connectivity index (χ2v) is 5.82. The molecule has 5 nitrogen and oxygen atoms in total. The van der Waals surface area contributed by atoms with Crippen molar-refractivity contribution in [2.24, 2.45) is 0 Å². The molecule has 0 spiro atoms. The maximum Gasteiger partial charge on any atom is 0.237 e. The van der Waals surface area contributed by atoms with E-state index in [0.29, 0.717) is 13.0 Å². The lowest BCUT2D eigenvalue weighted by Gasteiger charge is -2.18. The second-order valence-electron chi connectivity index (χ2n) is 5.82. The van der Waals surface area contributed by atoms with Crippen molar-refractivity contribution in [3.63, 3.8) is 0 Å². The molecular formula is C16H24N2O3. The van der Waals surface area contributed by atoms with E-state index in [1.165, 1.54) is 0 Å². The van der Waals surface area contributed by atoms with Crippen LogP contribution in [0.2, 0.25) is 0 Å². The van der Waals surface area contributed by atoms with Gasteiger partial charge in [-0.25, -0.2) is 0 Å². The third-order valence-electron chi connectivity index (χ3n) is 3.53. The minimum atomic E-state index is -0.427. The lowest BCUT2D eigenvalue weighted by Crippen LogP contribution is -2.41. The van der Waals surface area contributed by atoms with Crippen LogP contribution in [-0.2, 0) is 4.79 Å². The van der Waals surface area contributed by atoms with Gasteiger partial charge in [-0.05, 0) is 44.9 Å². The Kier molecular flexibility index (Phi) is 5.20. The van der Waals surface area contributed by atoms with Crippen LogP contribution < -0.4 is 15.4 Å². The molecule has 21 heavy (non-hydrogen) atoms. The Bertz CT molecular complexity index is 473. The summed E-state index contributed by atoms with van der Waals surface area (Å²) in [5, 5.41) is 15.4. The number of hydrogen-bond acceptors (Lipinski definition) is 4. The summed E-state index contributed by atoms with van der Waals surface area (Å²) in [5.74, 6) is 0.759. The smallest absolute Gasteiger partial charge is 0.237 e. The molecule has 1 aromatic rings. The largest absolute Gasteiger partial charge is 0.491 e. The number of amides is 1. The van der Waals surface area contributed by atoms with Gasteiger partial charge in [0.1, 0.15) is 5.75 Å². The molecule has 116 valence electrons. The molecule has 5 heteroatoms. The van der Waals surface area contributed by atoms with E-state index in [2.05, 4.69) is 10.6 Å². The van der Waals surface area contributed by atoms with Crippen LogP contribution in [0.3, 0.4) is 0 Å². The Balaban J connectivity index is 1.90. The summed E-state index contributed by atoms with van der Waals surface area (Å²) < 4.78 is 5.60. The van der Waals surface area contributed by atoms with Crippen LogP contribution in [-0.4, -0.2) is 35.8 Å². The first-order valence-electron chi connectivity index (χ1n) is 7.44. The van der Waals surface area contributed by atoms with Crippen molar-refractivity contribution in [2.75, 3.05) is 6.54 Å². The molecule has 0 aliphatic carbocycles. The number of rotatable bonds is 5. The number of nitrogens with one attached hydrogen (secondary N) is 2. The minimum Gasteiger partial charge on any atom is -0.491 e. The standard InChI is InChI=1S/C16H24N2O3/c1-10(2)21-14-6-4-12(5-7-14)11(3)18-16(20)15-8-13(19)9-17-15/h4-7,10-11,13,15,17,19H,8-9H2,1-3H3,(H,18,20). The van der Waals surface area contributed by atoms with Crippen LogP contribution in [0.5, 0.6) is 5.75 Å². The van der Waals surface area contributed by atoms with E-state index in [9.17, 15) is 9.90 Å². The Hall–Kier alpha value is -1.59. The Morgan fingerprint density at radius 3 is 2.52 bits per heavy atom. The lowest BCUT2D eigenvalue weighted by molar-refractivity contribution is -0.123. The average Bonchev–Trinajstić information content (AvgIpc) is 2.85. The predicted octanol–water partition coefficient (Wildman–Crippen LogP) is 1.37. The van der Waals surface area contributed by atoms with Crippen LogP contribution >= 0.6 is 0 Å². The van der Waals surface area contributed by atoms with E-state index in [0.717, 1.165) is 11.3 Å². The monoisotopic (exact) mass is 292 g/mol. The molecule has 1 aliphatic heterocycles. The summed E-state index contributed by atoms with van der Waals surface area (Å²) in [6.07, 6.45) is 0.191. The summed E-state index contributed by atoms with van der Waals surface area (Å²) in [5.41, 5.74) is 1.03. The summed E-state index contributed by atoms with van der Waals surface area (Å²) in [6, 6.07) is 7.36. The van der Waals surface area contributed by atoms with Crippen molar-refractivity contribution in [3.8, 4) is 5.75 Å². The maximum atomic E-state index is 12.1. The molecule has 0 saturated carbocycles. The average molecular weight is 292 g/mol. The molecule has 3 N–H and O–H groups in total. The number of ether oxygens (including phenoxy) is 1. The third-order valence-corrected chi connectivity index (χ3v) is 3.53. The first-order chi connectivity index (χ1) is 9.95. The molecule has 0 radical (unpaired) electrons. The highest BCUT2D eigenvalue weighted by molar-refractivity contribution is 5.82. The summed E-state index contributed by atoms with van der Waals surface area (Å²) in [6.45, 7) is 6.40. The van der Waals surface area contributed by atoms with Gasteiger partial charge < -0.3 is 20.5 Å². The molecule has 0 bridgehead atoms.